The van der Waals surface area contributed by atoms with Gasteiger partial charge in [0.05, 0.1) is 0 Å². The predicted molar refractivity (Wildman–Crippen MR) is 74.4 cm³/mol. The Bertz CT molecular complexity index is 531. The third kappa shape index (κ3) is 2.33. The molecule has 2 heterocycles. The summed E-state index contributed by atoms with van der Waals surface area (Å²) in [5.74, 6) is 2.30. The minimum Gasteiger partial charge on any atom is -0.317 e. The summed E-state index contributed by atoms with van der Waals surface area (Å²) in [6.07, 6.45) is 2.26. The zero-order valence-electron chi connectivity index (χ0n) is 9.99. The first-order valence-electron chi connectivity index (χ1n) is 6.22. The highest BCUT2D eigenvalue weighted by Crippen LogP contribution is 2.27. The summed E-state index contributed by atoms with van der Waals surface area (Å²) in [5, 5.41) is 10.8. The third-order valence-electron chi connectivity index (χ3n) is 3.34. The van der Waals surface area contributed by atoms with E-state index in [1.807, 2.05) is 24.3 Å². The van der Waals surface area contributed by atoms with Gasteiger partial charge in [0.2, 0.25) is 0 Å². The fourth-order valence-electron chi connectivity index (χ4n) is 2.32. The summed E-state index contributed by atoms with van der Waals surface area (Å²) in [5.41, 5.74) is 1.04. The Morgan fingerprint density at radius 1 is 1.17 bits per heavy atom. The molecule has 1 aliphatic heterocycles. The third-order valence-corrected chi connectivity index (χ3v) is 4.03. The van der Waals surface area contributed by atoms with Gasteiger partial charge in [0.1, 0.15) is 5.82 Å². The second-order valence-electron chi connectivity index (χ2n) is 4.55. The molecule has 3 rings (SSSR count). The molecule has 4 nitrogen and oxygen atoms in total. The first kappa shape index (κ1) is 11.9. The quantitative estimate of drug-likeness (QED) is 0.897. The topological polar surface area (TPSA) is 53.6 Å². The van der Waals surface area contributed by atoms with Gasteiger partial charge >= 0.3 is 0 Å². The van der Waals surface area contributed by atoms with Gasteiger partial charge in [0, 0.05) is 16.0 Å². The zero-order chi connectivity index (χ0) is 12.4. The average Bonchev–Trinajstić information content (AvgIpc) is 2.90. The molecule has 2 N–H and O–H groups in total. The van der Waals surface area contributed by atoms with E-state index in [0.717, 1.165) is 47.6 Å². The summed E-state index contributed by atoms with van der Waals surface area (Å²) in [7, 11) is 0. The van der Waals surface area contributed by atoms with Crippen molar-refractivity contribution < 1.29 is 0 Å². The van der Waals surface area contributed by atoms with Crippen LogP contribution in [0.15, 0.2) is 28.7 Å². The second-order valence-corrected chi connectivity index (χ2v) is 5.40. The lowest BCUT2D eigenvalue weighted by Gasteiger charge is -2.19. The Kier molecular flexibility index (Phi) is 3.43. The van der Waals surface area contributed by atoms with E-state index >= 15 is 0 Å². The Morgan fingerprint density at radius 3 is 2.72 bits per heavy atom. The van der Waals surface area contributed by atoms with E-state index in [2.05, 4.69) is 36.4 Å². The molecule has 0 radical (unpaired) electrons. The molecule has 0 bridgehead atoms. The van der Waals surface area contributed by atoms with Gasteiger partial charge in [-0.3, -0.25) is 5.10 Å². The molecule has 1 aliphatic rings. The molecule has 0 atom stereocenters. The first-order chi connectivity index (χ1) is 8.84. The molecule has 94 valence electrons. The van der Waals surface area contributed by atoms with Crippen LogP contribution in [-0.4, -0.2) is 28.3 Å². The Morgan fingerprint density at radius 2 is 1.94 bits per heavy atom. The monoisotopic (exact) mass is 306 g/mol. The van der Waals surface area contributed by atoms with Crippen molar-refractivity contribution in [2.75, 3.05) is 13.1 Å². The van der Waals surface area contributed by atoms with Gasteiger partial charge in [-0.2, -0.15) is 5.10 Å². The van der Waals surface area contributed by atoms with E-state index in [1.54, 1.807) is 0 Å². The number of aromatic nitrogens is 3. The van der Waals surface area contributed by atoms with Crippen LogP contribution < -0.4 is 5.32 Å². The molecule has 1 fully saturated rings. The minimum atomic E-state index is 0.509. The lowest BCUT2D eigenvalue weighted by Crippen LogP contribution is -2.27. The maximum Gasteiger partial charge on any atom is 0.182 e. The van der Waals surface area contributed by atoms with Crippen LogP contribution in [0, 0.1) is 0 Å². The highest BCUT2D eigenvalue weighted by atomic mass is 79.9. The molecular weight excluding hydrogens is 292 g/mol. The number of hydrogen-bond acceptors (Lipinski definition) is 3. The van der Waals surface area contributed by atoms with Gasteiger partial charge < -0.3 is 5.32 Å². The molecular formula is C13H15BrN4. The van der Waals surface area contributed by atoms with Crippen molar-refractivity contribution in [2.24, 2.45) is 0 Å². The van der Waals surface area contributed by atoms with Crippen LogP contribution in [0.5, 0.6) is 0 Å². The number of benzene rings is 1. The fourth-order valence-corrected chi connectivity index (χ4v) is 2.78. The van der Waals surface area contributed by atoms with Crippen molar-refractivity contribution in [3.05, 3.63) is 34.6 Å². The standard InChI is InChI=1S/C13H15BrN4/c14-11-4-2-1-3-10(11)13-16-12(17-18-13)9-5-7-15-8-6-9/h1-4,9,15H,5-8H2,(H,16,17,18). The van der Waals surface area contributed by atoms with Crippen molar-refractivity contribution >= 4 is 15.9 Å². The van der Waals surface area contributed by atoms with E-state index in [0.29, 0.717) is 5.92 Å². The summed E-state index contributed by atoms with van der Waals surface area (Å²) in [4.78, 5) is 4.64. The Balaban J connectivity index is 1.87. The van der Waals surface area contributed by atoms with E-state index < -0.39 is 0 Å². The maximum absolute atomic E-state index is 4.64. The molecule has 1 aromatic heterocycles. The highest BCUT2D eigenvalue weighted by Gasteiger charge is 2.19. The van der Waals surface area contributed by atoms with Crippen molar-refractivity contribution in [3.8, 4) is 11.4 Å². The number of rotatable bonds is 2. The van der Waals surface area contributed by atoms with Crippen molar-refractivity contribution in [2.45, 2.75) is 18.8 Å². The molecule has 1 aromatic carbocycles. The molecule has 5 heteroatoms. The van der Waals surface area contributed by atoms with E-state index in [9.17, 15) is 0 Å². The largest absolute Gasteiger partial charge is 0.317 e. The van der Waals surface area contributed by atoms with Gasteiger partial charge in [-0.15, -0.1) is 0 Å². The number of aromatic amines is 1. The lowest BCUT2D eigenvalue weighted by atomic mass is 9.98. The summed E-state index contributed by atoms with van der Waals surface area (Å²) >= 11 is 3.53. The van der Waals surface area contributed by atoms with Crippen molar-refractivity contribution in [3.63, 3.8) is 0 Å². The second kappa shape index (κ2) is 5.20. The summed E-state index contributed by atoms with van der Waals surface area (Å²) in [6, 6.07) is 8.03. The van der Waals surface area contributed by atoms with Gasteiger partial charge in [-0.1, -0.05) is 28.1 Å². The fraction of sp³-hybridized carbons (Fsp3) is 0.385. The van der Waals surface area contributed by atoms with Gasteiger partial charge in [0.25, 0.3) is 0 Å². The van der Waals surface area contributed by atoms with Gasteiger partial charge in [-0.05, 0) is 38.1 Å². The minimum absolute atomic E-state index is 0.509. The first-order valence-corrected chi connectivity index (χ1v) is 7.02. The molecule has 1 saturated heterocycles. The molecule has 2 aromatic rings. The predicted octanol–water partition coefficient (Wildman–Crippen LogP) is 2.70. The highest BCUT2D eigenvalue weighted by molar-refractivity contribution is 9.10. The molecule has 18 heavy (non-hydrogen) atoms. The van der Waals surface area contributed by atoms with Crippen LogP contribution in [0.1, 0.15) is 24.6 Å². The van der Waals surface area contributed by atoms with E-state index in [4.69, 9.17) is 0 Å². The smallest absolute Gasteiger partial charge is 0.182 e. The SMILES string of the molecule is Brc1ccccc1-c1n[nH]c(C2CCNCC2)n1. The van der Waals surface area contributed by atoms with E-state index in [-0.39, 0.29) is 0 Å². The molecule has 0 spiro atoms. The Hall–Kier alpha value is -1.20. The normalized spacial score (nSPS) is 16.9. The molecule has 0 aliphatic carbocycles. The van der Waals surface area contributed by atoms with Crippen molar-refractivity contribution in [1.82, 2.24) is 20.5 Å². The zero-order valence-corrected chi connectivity index (χ0v) is 11.6. The average molecular weight is 307 g/mol. The molecule has 0 unspecified atom stereocenters. The van der Waals surface area contributed by atoms with E-state index in [1.165, 1.54) is 0 Å². The van der Waals surface area contributed by atoms with Gasteiger partial charge in [-0.25, -0.2) is 4.98 Å². The Labute approximate surface area is 114 Å². The lowest BCUT2D eigenvalue weighted by molar-refractivity contribution is 0.446. The number of piperidine rings is 1. The van der Waals surface area contributed by atoms with Crippen LogP contribution in [0.3, 0.4) is 0 Å². The summed E-state index contributed by atoms with van der Waals surface area (Å²) in [6.45, 7) is 2.13. The number of H-pyrrole nitrogens is 1. The molecule has 0 amide bonds. The number of hydrogen-bond donors (Lipinski definition) is 2. The summed E-state index contributed by atoms with van der Waals surface area (Å²) < 4.78 is 1.03. The van der Waals surface area contributed by atoms with Crippen LogP contribution >= 0.6 is 15.9 Å². The number of nitrogens with one attached hydrogen (secondary N) is 2. The van der Waals surface area contributed by atoms with Crippen LogP contribution in [0.25, 0.3) is 11.4 Å². The van der Waals surface area contributed by atoms with Crippen molar-refractivity contribution in [1.29, 1.82) is 0 Å². The molecule has 0 saturated carbocycles. The number of halogens is 1. The van der Waals surface area contributed by atoms with Crippen LogP contribution in [0.2, 0.25) is 0 Å². The number of nitrogens with zero attached hydrogens (tertiary/aromatic N) is 2. The van der Waals surface area contributed by atoms with Gasteiger partial charge in [0.15, 0.2) is 5.82 Å². The maximum atomic E-state index is 4.64. The van der Waals surface area contributed by atoms with Crippen LogP contribution in [-0.2, 0) is 0 Å². The van der Waals surface area contributed by atoms with Crippen LogP contribution in [0.4, 0.5) is 0 Å².